The number of hydrogen-bond donors (Lipinski definition) is 1. The highest BCUT2D eigenvalue weighted by Gasteiger charge is 2.61. The lowest BCUT2D eigenvalue weighted by Gasteiger charge is -2.60. The van der Waals surface area contributed by atoms with Crippen LogP contribution in [-0.4, -0.2) is 34.8 Å². The van der Waals surface area contributed by atoms with Crippen LogP contribution >= 0.6 is 0 Å². The van der Waals surface area contributed by atoms with Gasteiger partial charge in [0.1, 0.15) is 6.67 Å². The molecule has 34 heavy (non-hydrogen) atoms. The van der Waals surface area contributed by atoms with Crippen LogP contribution < -0.4 is 5.32 Å². The third-order valence-corrected chi connectivity index (χ3v) is 10.0. The van der Waals surface area contributed by atoms with Crippen LogP contribution in [0.2, 0.25) is 0 Å². The number of fused-ring (bicyclic) bond motifs is 5. The van der Waals surface area contributed by atoms with Gasteiger partial charge >= 0.3 is 0 Å². The van der Waals surface area contributed by atoms with Gasteiger partial charge in [0.2, 0.25) is 5.91 Å². The summed E-state index contributed by atoms with van der Waals surface area (Å²) in [5, 5.41) is 2.94. The van der Waals surface area contributed by atoms with Crippen molar-refractivity contribution < 1.29 is 18.4 Å². The van der Waals surface area contributed by atoms with E-state index >= 15 is 0 Å². The molecule has 1 aromatic heterocycles. The standard InChI is InChI=1S/C27H35F2N3O2/c1-26-11-10-21-19(7-9-23-27(21,2)13-22(29)25(34)32(23)3)20(26)8-4-16(26)12-24(33)31-18-6-5-17(14-28)30-15-18/h5-6,13,15-16,19-21,23H,4,7-12,14H2,1-3H3,(H,31,33)/t16-,19+,20+,21+,23-,26-,27-/m1/s1. The third-order valence-electron chi connectivity index (χ3n) is 10.0. The number of amides is 2. The van der Waals surface area contributed by atoms with Crippen molar-refractivity contribution in [1.82, 2.24) is 9.88 Å². The minimum Gasteiger partial charge on any atom is -0.336 e. The quantitative estimate of drug-likeness (QED) is 0.637. The minimum absolute atomic E-state index is 0.0168. The molecule has 2 amide bonds. The lowest BCUT2D eigenvalue weighted by atomic mass is 9.47. The molecule has 0 spiro atoms. The van der Waals surface area contributed by atoms with Gasteiger partial charge in [-0.1, -0.05) is 13.8 Å². The van der Waals surface area contributed by atoms with Gasteiger partial charge in [0, 0.05) is 24.9 Å². The average Bonchev–Trinajstić information content (AvgIpc) is 3.14. The zero-order valence-corrected chi connectivity index (χ0v) is 20.3. The maximum absolute atomic E-state index is 14.6. The molecule has 5 rings (SSSR count). The maximum atomic E-state index is 14.6. The second-order valence-electron chi connectivity index (χ2n) is 11.5. The second-order valence-corrected chi connectivity index (χ2v) is 11.5. The molecule has 7 heteroatoms. The molecule has 3 aliphatic carbocycles. The van der Waals surface area contributed by atoms with Crippen LogP contribution in [0.1, 0.15) is 64.5 Å². The lowest BCUT2D eigenvalue weighted by Crippen LogP contribution is -2.60. The second kappa shape index (κ2) is 8.42. The van der Waals surface area contributed by atoms with Gasteiger partial charge in [0.25, 0.3) is 5.91 Å². The van der Waals surface area contributed by atoms with Gasteiger partial charge in [-0.15, -0.1) is 0 Å². The van der Waals surface area contributed by atoms with Crippen molar-refractivity contribution in [3.63, 3.8) is 0 Å². The van der Waals surface area contributed by atoms with Crippen LogP contribution in [0.3, 0.4) is 0 Å². The van der Waals surface area contributed by atoms with Crippen LogP contribution in [0.4, 0.5) is 14.5 Å². The number of nitrogens with zero attached hydrogens (tertiary/aromatic N) is 2. The number of aromatic nitrogens is 1. The molecule has 0 saturated heterocycles. The fourth-order valence-electron chi connectivity index (χ4n) is 8.29. The monoisotopic (exact) mass is 471 g/mol. The van der Waals surface area contributed by atoms with Gasteiger partial charge in [-0.2, -0.15) is 0 Å². The van der Waals surface area contributed by atoms with Crippen LogP contribution in [0.15, 0.2) is 30.2 Å². The van der Waals surface area contributed by atoms with Crippen LogP contribution in [0.5, 0.6) is 0 Å². The number of carbonyl (C=O) groups is 2. The van der Waals surface area contributed by atoms with Crippen molar-refractivity contribution in [1.29, 1.82) is 0 Å². The normalized spacial score (nSPS) is 39.1. The first-order valence-electron chi connectivity index (χ1n) is 12.6. The zero-order chi connectivity index (χ0) is 24.3. The highest BCUT2D eigenvalue weighted by Crippen LogP contribution is 2.66. The molecule has 3 fully saturated rings. The van der Waals surface area contributed by atoms with E-state index in [-0.39, 0.29) is 22.8 Å². The first-order valence-corrected chi connectivity index (χ1v) is 12.6. The Hall–Kier alpha value is -2.31. The molecular weight excluding hydrogens is 436 g/mol. The number of alkyl halides is 1. The van der Waals surface area contributed by atoms with Crippen LogP contribution in [0.25, 0.3) is 0 Å². The fourth-order valence-corrected chi connectivity index (χ4v) is 8.29. The summed E-state index contributed by atoms with van der Waals surface area (Å²) in [4.78, 5) is 30.8. The molecule has 4 aliphatic rings. The van der Waals surface area contributed by atoms with E-state index in [0.717, 1.165) is 38.5 Å². The van der Waals surface area contributed by atoms with Crippen LogP contribution in [-0.2, 0) is 16.3 Å². The minimum atomic E-state index is -0.618. The van der Waals surface area contributed by atoms with Crippen molar-refractivity contribution in [2.45, 2.75) is 71.5 Å². The molecule has 5 nitrogen and oxygen atoms in total. The summed E-state index contributed by atoms with van der Waals surface area (Å²) in [6, 6.07) is 3.35. The summed E-state index contributed by atoms with van der Waals surface area (Å²) in [5.74, 6) is 0.580. The molecule has 184 valence electrons. The third kappa shape index (κ3) is 3.57. The number of nitrogens with one attached hydrogen (secondary N) is 1. The molecule has 1 N–H and O–H groups in total. The number of halogens is 2. The first kappa shape index (κ1) is 23.4. The molecule has 0 unspecified atom stereocenters. The number of rotatable bonds is 4. The molecular formula is C27H35F2N3O2. The van der Waals surface area contributed by atoms with E-state index in [1.807, 2.05) is 0 Å². The molecule has 0 bridgehead atoms. The molecule has 1 aromatic rings. The SMILES string of the molecule is CN1C(=O)C(F)=C[C@]2(C)[C@H]3CC[C@]4(C)[C@@H](CC(=O)Nc5ccc(CF)nc5)CC[C@H]4[C@@H]3CC[C@@H]12. The largest absolute Gasteiger partial charge is 0.336 e. The van der Waals surface area contributed by atoms with E-state index < -0.39 is 18.4 Å². The Labute approximate surface area is 200 Å². The molecule has 2 heterocycles. The first-order chi connectivity index (χ1) is 16.2. The smallest absolute Gasteiger partial charge is 0.282 e. The average molecular weight is 472 g/mol. The highest BCUT2D eigenvalue weighted by atomic mass is 19.1. The summed E-state index contributed by atoms with van der Waals surface area (Å²) in [7, 11) is 1.75. The molecule has 1 aliphatic heterocycles. The maximum Gasteiger partial charge on any atom is 0.282 e. The van der Waals surface area contributed by atoms with Gasteiger partial charge in [-0.25, -0.2) is 8.78 Å². The number of pyridine rings is 1. The highest BCUT2D eigenvalue weighted by molar-refractivity contribution is 5.92. The summed E-state index contributed by atoms with van der Waals surface area (Å²) in [6.45, 7) is 3.90. The summed E-state index contributed by atoms with van der Waals surface area (Å²) in [5.41, 5.74) is 0.719. The van der Waals surface area contributed by atoms with Crippen molar-refractivity contribution in [2.75, 3.05) is 12.4 Å². The van der Waals surface area contributed by atoms with E-state index in [4.69, 9.17) is 0 Å². The lowest BCUT2D eigenvalue weighted by molar-refractivity contribution is -0.142. The number of carbonyl (C=O) groups excluding carboxylic acids is 2. The Morgan fingerprint density at radius 3 is 2.68 bits per heavy atom. The van der Waals surface area contributed by atoms with E-state index in [1.165, 1.54) is 6.20 Å². The van der Waals surface area contributed by atoms with Gasteiger partial charge in [0.15, 0.2) is 5.83 Å². The van der Waals surface area contributed by atoms with Gasteiger partial charge in [0.05, 0.1) is 17.6 Å². The number of likely N-dealkylation sites (N-methyl/N-ethyl adjacent to an activating group) is 1. The number of anilines is 1. The Morgan fingerprint density at radius 1 is 1.18 bits per heavy atom. The van der Waals surface area contributed by atoms with Crippen LogP contribution in [0, 0.1) is 34.5 Å². The molecule has 0 radical (unpaired) electrons. The van der Waals surface area contributed by atoms with Crippen molar-refractivity contribution in [3.05, 3.63) is 35.9 Å². The molecule has 0 aromatic carbocycles. The summed E-state index contributed by atoms with van der Waals surface area (Å²) < 4.78 is 27.3. The van der Waals surface area contributed by atoms with E-state index in [2.05, 4.69) is 24.1 Å². The van der Waals surface area contributed by atoms with Gasteiger partial charge in [-0.05, 0) is 85.8 Å². The van der Waals surface area contributed by atoms with Gasteiger partial charge < -0.3 is 10.2 Å². The van der Waals surface area contributed by atoms with Gasteiger partial charge in [-0.3, -0.25) is 14.6 Å². The Bertz CT molecular complexity index is 1010. The Morgan fingerprint density at radius 2 is 1.97 bits per heavy atom. The predicted molar refractivity (Wildman–Crippen MR) is 126 cm³/mol. The number of hydrogen-bond acceptors (Lipinski definition) is 3. The Balaban J connectivity index is 1.30. The van der Waals surface area contributed by atoms with E-state index in [9.17, 15) is 18.4 Å². The van der Waals surface area contributed by atoms with Crippen molar-refractivity contribution in [2.24, 2.45) is 34.5 Å². The topological polar surface area (TPSA) is 62.3 Å². The van der Waals surface area contributed by atoms with E-state index in [0.29, 0.717) is 41.5 Å². The summed E-state index contributed by atoms with van der Waals surface area (Å²) in [6.07, 6.45) is 9.75. The van der Waals surface area contributed by atoms with Crippen molar-refractivity contribution >= 4 is 17.5 Å². The van der Waals surface area contributed by atoms with E-state index in [1.54, 1.807) is 30.2 Å². The Kier molecular flexibility index (Phi) is 5.80. The molecule has 7 atom stereocenters. The molecule has 3 saturated carbocycles. The summed E-state index contributed by atoms with van der Waals surface area (Å²) >= 11 is 0. The fraction of sp³-hybridized carbons (Fsp3) is 0.667. The predicted octanol–water partition coefficient (Wildman–Crippen LogP) is 5.43. The zero-order valence-electron chi connectivity index (χ0n) is 20.3. The van der Waals surface area contributed by atoms with Crippen molar-refractivity contribution in [3.8, 4) is 0 Å².